The summed E-state index contributed by atoms with van der Waals surface area (Å²) in [6.45, 7) is 2.68. The topological polar surface area (TPSA) is 58.7 Å². The Bertz CT molecular complexity index is 622. The zero-order chi connectivity index (χ0) is 16.1. The minimum absolute atomic E-state index is 0.117. The van der Waals surface area contributed by atoms with Gasteiger partial charge in [-0.05, 0) is 36.4 Å². The number of furan rings is 1. The SMILES string of the molecule is O=C(NC[C@H](c1ccco1)[NH+]1CCCC1)Nc1ccc(F)cc1. The second-order valence-electron chi connectivity index (χ2n) is 5.78. The molecule has 0 aliphatic carbocycles. The first-order valence-corrected chi connectivity index (χ1v) is 7.91. The van der Waals surface area contributed by atoms with E-state index in [1.165, 1.54) is 42.0 Å². The zero-order valence-corrected chi connectivity index (χ0v) is 12.8. The van der Waals surface area contributed by atoms with Crippen molar-refractivity contribution in [3.05, 3.63) is 54.2 Å². The maximum absolute atomic E-state index is 12.9. The van der Waals surface area contributed by atoms with E-state index >= 15 is 0 Å². The van der Waals surface area contributed by atoms with Gasteiger partial charge in [0.25, 0.3) is 0 Å². The van der Waals surface area contributed by atoms with Crippen LogP contribution >= 0.6 is 0 Å². The second-order valence-corrected chi connectivity index (χ2v) is 5.78. The molecule has 1 aliphatic heterocycles. The molecule has 0 bridgehead atoms. The van der Waals surface area contributed by atoms with E-state index in [9.17, 15) is 9.18 Å². The van der Waals surface area contributed by atoms with E-state index in [0.29, 0.717) is 12.2 Å². The van der Waals surface area contributed by atoms with Crippen LogP contribution in [0.4, 0.5) is 14.9 Å². The van der Waals surface area contributed by atoms with Gasteiger partial charge in [-0.2, -0.15) is 0 Å². The highest BCUT2D eigenvalue weighted by Crippen LogP contribution is 2.12. The summed E-state index contributed by atoms with van der Waals surface area (Å²) in [6.07, 6.45) is 4.07. The van der Waals surface area contributed by atoms with Gasteiger partial charge in [0.1, 0.15) is 5.82 Å². The van der Waals surface area contributed by atoms with Crippen LogP contribution in [0, 0.1) is 5.82 Å². The van der Waals surface area contributed by atoms with Crippen LogP contribution in [0.15, 0.2) is 47.1 Å². The Morgan fingerprint density at radius 1 is 1.22 bits per heavy atom. The summed E-state index contributed by atoms with van der Waals surface area (Å²) in [7, 11) is 0. The van der Waals surface area contributed by atoms with Gasteiger partial charge in [0.15, 0.2) is 11.8 Å². The predicted octanol–water partition coefficient (Wildman–Crippen LogP) is 1.96. The Labute approximate surface area is 134 Å². The molecule has 23 heavy (non-hydrogen) atoms. The highest BCUT2D eigenvalue weighted by molar-refractivity contribution is 5.89. The lowest BCUT2D eigenvalue weighted by Crippen LogP contribution is -3.11. The molecule has 1 aromatic heterocycles. The van der Waals surface area contributed by atoms with E-state index in [4.69, 9.17) is 4.42 Å². The van der Waals surface area contributed by atoms with Gasteiger partial charge in [0, 0.05) is 18.5 Å². The monoisotopic (exact) mass is 318 g/mol. The Hall–Kier alpha value is -2.34. The van der Waals surface area contributed by atoms with Crippen molar-refractivity contribution in [3.63, 3.8) is 0 Å². The van der Waals surface area contributed by atoms with Crippen LogP contribution in [0.2, 0.25) is 0 Å². The molecule has 122 valence electrons. The van der Waals surface area contributed by atoms with Gasteiger partial charge in [0.05, 0.1) is 25.9 Å². The molecule has 1 atom stereocenters. The summed E-state index contributed by atoms with van der Waals surface area (Å²) in [5.74, 6) is 0.565. The minimum atomic E-state index is -0.327. The molecule has 0 spiro atoms. The molecule has 3 rings (SSSR count). The average molecular weight is 318 g/mol. The fraction of sp³-hybridized carbons (Fsp3) is 0.353. The minimum Gasteiger partial charge on any atom is -0.463 e. The summed E-state index contributed by atoms with van der Waals surface area (Å²) in [4.78, 5) is 13.5. The lowest BCUT2D eigenvalue weighted by atomic mass is 10.2. The van der Waals surface area contributed by atoms with Crippen LogP contribution in [0.3, 0.4) is 0 Å². The van der Waals surface area contributed by atoms with Crippen LogP contribution in [0.25, 0.3) is 0 Å². The number of urea groups is 1. The molecule has 0 unspecified atom stereocenters. The van der Waals surface area contributed by atoms with Gasteiger partial charge in [-0.25, -0.2) is 9.18 Å². The third-order valence-electron chi connectivity index (χ3n) is 4.19. The molecule has 2 heterocycles. The Kier molecular flexibility index (Phi) is 4.92. The number of likely N-dealkylation sites (tertiary alicyclic amines) is 1. The highest BCUT2D eigenvalue weighted by Gasteiger charge is 2.29. The van der Waals surface area contributed by atoms with Crippen LogP contribution < -0.4 is 15.5 Å². The quantitative estimate of drug-likeness (QED) is 0.789. The van der Waals surface area contributed by atoms with E-state index in [2.05, 4.69) is 10.6 Å². The molecule has 5 nitrogen and oxygen atoms in total. The number of hydrogen-bond donors (Lipinski definition) is 3. The molecule has 6 heteroatoms. The third kappa shape index (κ3) is 4.10. The lowest BCUT2D eigenvalue weighted by molar-refractivity contribution is -0.919. The number of hydrogen-bond acceptors (Lipinski definition) is 2. The highest BCUT2D eigenvalue weighted by atomic mass is 19.1. The fourth-order valence-corrected chi connectivity index (χ4v) is 3.02. The Balaban J connectivity index is 1.57. The van der Waals surface area contributed by atoms with Crippen LogP contribution in [-0.2, 0) is 0 Å². The maximum atomic E-state index is 12.9. The van der Waals surface area contributed by atoms with Gasteiger partial charge >= 0.3 is 6.03 Å². The van der Waals surface area contributed by atoms with Crippen LogP contribution in [0.1, 0.15) is 24.6 Å². The fourth-order valence-electron chi connectivity index (χ4n) is 3.02. The van der Waals surface area contributed by atoms with Crippen molar-refractivity contribution < 1.29 is 18.5 Å². The van der Waals surface area contributed by atoms with Gasteiger partial charge in [-0.15, -0.1) is 0 Å². The van der Waals surface area contributed by atoms with E-state index in [1.807, 2.05) is 12.1 Å². The van der Waals surface area contributed by atoms with Crippen LogP contribution in [-0.4, -0.2) is 25.7 Å². The number of benzene rings is 1. The molecule has 1 aliphatic rings. The van der Waals surface area contributed by atoms with Crippen molar-refractivity contribution in [2.24, 2.45) is 0 Å². The third-order valence-corrected chi connectivity index (χ3v) is 4.19. The first-order valence-electron chi connectivity index (χ1n) is 7.91. The first-order chi connectivity index (χ1) is 11.2. The van der Waals surface area contributed by atoms with Crippen molar-refractivity contribution in [2.75, 3.05) is 25.0 Å². The van der Waals surface area contributed by atoms with Gasteiger partial charge in [0.2, 0.25) is 0 Å². The molecule has 2 amide bonds. The van der Waals surface area contributed by atoms with Crippen molar-refractivity contribution in [1.29, 1.82) is 0 Å². The number of anilines is 1. The number of nitrogens with one attached hydrogen (secondary N) is 3. The number of halogens is 1. The van der Waals surface area contributed by atoms with Gasteiger partial charge < -0.3 is 20.0 Å². The second kappa shape index (κ2) is 7.28. The van der Waals surface area contributed by atoms with E-state index in [-0.39, 0.29) is 17.9 Å². The number of rotatable bonds is 5. The van der Waals surface area contributed by atoms with Crippen LogP contribution in [0.5, 0.6) is 0 Å². The van der Waals surface area contributed by atoms with Crippen molar-refractivity contribution in [2.45, 2.75) is 18.9 Å². The summed E-state index contributed by atoms with van der Waals surface area (Å²) in [5, 5.41) is 5.59. The molecular weight excluding hydrogens is 297 g/mol. The molecule has 2 aromatic rings. The predicted molar refractivity (Wildman–Crippen MR) is 84.8 cm³/mol. The van der Waals surface area contributed by atoms with Crippen molar-refractivity contribution >= 4 is 11.7 Å². The number of amides is 2. The van der Waals surface area contributed by atoms with Gasteiger partial charge in [-0.3, -0.25) is 0 Å². The summed E-state index contributed by atoms with van der Waals surface area (Å²) >= 11 is 0. The summed E-state index contributed by atoms with van der Waals surface area (Å²) in [6, 6.07) is 9.34. The smallest absolute Gasteiger partial charge is 0.319 e. The molecule has 1 saturated heterocycles. The lowest BCUT2D eigenvalue weighted by Gasteiger charge is -2.23. The number of carbonyl (C=O) groups excluding carboxylic acids is 1. The largest absolute Gasteiger partial charge is 0.463 e. The molecule has 1 aromatic carbocycles. The van der Waals surface area contributed by atoms with Crippen molar-refractivity contribution in [3.8, 4) is 0 Å². The van der Waals surface area contributed by atoms with E-state index in [1.54, 1.807) is 6.26 Å². The number of quaternary nitrogens is 1. The number of carbonyl (C=O) groups is 1. The van der Waals surface area contributed by atoms with Gasteiger partial charge in [-0.1, -0.05) is 0 Å². The Morgan fingerprint density at radius 3 is 2.61 bits per heavy atom. The van der Waals surface area contributed by atoms with E-state index in [0.717, 1.165) is 18.8 Å². The summed E-state index contributed by atoms with van der Waals surface area (Å²) in [5.41, 5.74) is 0.562. The zero-order valence-electron chi connectivity index (χ0n) is 12.8. The summed E-state index contributed by atoms with van der Waals surface area (Å²) < 4.78 is 18.4. The standard InChI is InChI=1S/C17H20FN3O2/c18-13-5-7-14(8-6-13)20-17(22)19-12-15(16-4-3-11-23-16)21-9-1-2-10-21/h3-8,11,15H,1-2,9-10,12H2,(H2,19,20,22)/p+1/t15-/m1/s1. The molecular formula is C17H21FN3O2+. The van der Waals surface area contributed by atoms with E-state index < -0.39 is 0 Å². The molecule has 1 fully saturated rings. The average Bonchev–Trinajstić information content (AvgIpc) is 3.24. The molecule has 0 radical (unpaired) electrons. The van der Waals surface area contributed by atoms with Crippen molar-refractivity contribution in [1.82, 2.24) is 5.32 Å². The maximum Gasteiger partial charge on any atom is 0.319 e. The normalized spacial score (nSPS) is 16.2. The Morgan fingerprint density at radius 2 is 1.96 bits per heavy atom. The molecule has 0 saturated carbocycles. The first kappa shape index (κ1) is 15.6. The molecule has 3 N–H and O–H groups in total.